The highest BCUT2D eigenvalue weighted by molar-refractivity contribution is 7.15. The lowest BCUT2D eigenvalue weighted by Crippen LogP contribution is -2.54. The zero-order valence-corrected chi connectivity index (χ0v) is 12.8. The molecule has 9 nitrogen and oxygen atoms in total. The third-order valence-electron chi connectivity index (χ3n) is 3.78. The third kappa shape index (κ3) is 2.66. The maximum Gasteiger partial charge on any atom is 0.325 e. The van der Waals surface area contributed by atoms with Gasteiger partial charge >= 0.3 is 6.03 Å². The second kappa shape index (κ2) is 5.61. The molecule has 3 heterocycles. The minimum absolute atomic E-state index is 0.321. The smallest absolute Gasteiger partial charge is 0.323 e. The van der Waals surface area contributed by atoms with Gasteiger partial charge in [0, 0.05) is 0 Å². The van der Waals surface area contributed by atoms with Gasteiger partial charge in [0.15, 0.2) is 0 Å². The quantitative estimate of drug-likeness (QED) is 0.643. The van der Waals surface area contributed by atoms with E-state index in [-0.39, 0.29) is 12.5 Å². The number of nitrogens with zero attached hydrogens (tertiary/aromatic N) is 3. The Labute approximate surface area is 130 Å². The molecule has 0 atom stereocenters. The van der Waals surface area contributed by atoms with Crippen molar-refractivity contribution in [1.82, 2.24) is 25.7 Å². The predicted octanol–water partition coefficient (Wildman–Crippen LogP) is -0.541. The number of aromatic nitrogens is 2. The van der Waals surface area contributed by atoms with Gasteiger partial charge in [-0.1, -0.05) is 11.3 Å². The summed E-state index contributed by atoms with van der Waals surface area (Å²) in [7, 11) is 0. The van der Waals surface area contributed by atoms with Crippen LogP contribution in [0.3, 0.4) is 0 Å². The van der Waals surface area contributed by atoms with Gasteiger partial charge in [-0.25, -0.2) is 4.79 Å². The van der Waals surface area contributed by atoms with Gasteiger partial charge in [-0.15, -0.1) is 10.2 Å². The molecule has 4 amide bonds. The average molecular weight is 324 g/mol. The lowest BCUT2D eigenvalue weighted by molar-refractivity contribution is -0.134. The van der Waals surface area contributed by atoms with Crippen LogP contribution in [0.2, 0.25) is 0 Å². The molecule has 2 fully saturated rings. The Kier molecular flexibility index (Phi) is 3.79. The first-order chi connectivity index (χ1) is 10.5. The maximum absolute atomic E-state index is 12.5. The number of aryl methyl sites for hydroxylation is 1. The summed E-state index contributed by atoms with van der Waals surface area (Å²) in [4.78, 5) is 37.5. The van der Waals surface area contributed by atoms with E-state index in [4.69, 9.17) is 0 Å². The normalized spacial score (nSPS) is 20.3. The molecule has 2 aliphatic heterocycles. The van der Waals surface area contributed by atoms with Crippen molar-refractivity contribution in [3.05, 3.63) is 5.01 Å². The van der Waals surface area contributed by atoms with Gasteiger partial charge in [-0.05, 0) is 32.9 Å². The van der Waals surface area contributed by atoms with E-state index in [9.17, 15) is 14.4 Å². The summed E-state index contributed by atoms with van der Waals surface area (Å²) in [6.07, 6.45) is 1.07. The van der Waals surface area contributed by atoms with Crippen LogP contribution in [0.1, 0.15) is 17.8 Å². The molecule has 0 unspecified atom stereocenters. The van der Waals surface area contributed by atoms with Crippen LogP contribution in [-0.4, -0.2) is 58.1 Å². The Hall–Kier alpha value is -2.07. The molecule has 118 valence electrons. The third-order valence-corrected chi connectivity index (χ3v) is 4.53. The molecule has 10 heteroatoms. The molecule has 0 saturated carbocycles. The summed E-state index contributed by atoms with van der Waals surface area (Å²) >= 11 is 1.23. The van der Waals surface area contributed by atoms with E-state index in [0.717, 1.165) is 9.91 Å². The van der Waals surface area contributed by atoms with Gasteiger partial charge in [0.25, 0.3) is 5.91 Å². The minimum atomic E-state index is -0.859. The Morgan fingerprint density at radius 1 is 1.36 bits per heavy atom. The summed E-state index contributed by atoms with van der Waals surface area (Å²) in [5.74, 6) is -0.798. The van der Waals surface area contributed by atoms with Gasteiger partial charge in [0.05, 0.1) is 0 Å². The molecule has 22 heavy (non-hydrogen) atoms. The Morgan fingerprint density at radius 2 is 2.09 bits per heavy atom. The van der Waals surface area contributed by atoms with Crippen LogP contribution >= 0.6 is 11.3 Å². The number of imide groups is 1. The van der Waals surface area contributed by atoms with Crippen molar-refractivity contribution in [3.8, 4) is 0 Å². The second-order valence-electron chi connectivity index (χ2n) is 5.33. The second-order valence-corrected chi connectivity index (χ2v) is 6.51. The molecule has 1 spiro atoms. The van der Waals surface area contributed by atoms with Crippen molar-refractivity contribution in [3.63, 3.8) is 0 Å². The average Bonchev–Trinajstić information content (AvgIpc) is 2.97. The number of amides is 4. The van der Waals surface area contributed by atoms with Crippen molar-refractivity contribution in [2.24, 2.45) is 0 Å². The number of nitrogens with one attached hydrogen (secondary N) is 3. The first-order valence-corrected chi connectivity index (χ1v) is 7.77. The number of hydrogen-bond donors (Lipinski definition) is 3. The van der Waals surface area contributed by atoms with Crippen LogP contribution in [0.15, 0.2) is 0 Å². The number of urea groups is 1. The summed E-state index contributed by atoms with van der Waals surface area (Å²) in [5, 5.41) is 17.1. The van der Waals surface area contributed by atoms with E-state index in [1.165, 1.54) is 11.3 Å². The lowest BCUT2D eigenvalue weighted by Gasteiger charge is -2.30. The molecule has 3 rings (SSSR count). The molecule has 2 saturated heterocycles. The predicted molar refractivity (Wildman–Crippen MR) is 78.4 cm³/mol. The van der Waals surface area contributed by atoms with Gasteiger partial charge < -0.3 is 10.6 Å². The fourth-order valence-electron chi connectivity index (χ4n) is 2.66. The van der Waals surface area contributed by atoms with E-state index in [0.29, 0.717) is 31.1 Å². The molecule has 2 aliphatic rings. The fraction of sp³-hybridized carbons (Fsp3) is 0.583. The van der Waals surface area contributed by atoms with E-state index in [1.54, 1.807) is 6.92 Å². The van der Waals surface area contributed by atoms with Crippen LogP contribution in [0.4, 0.5) is 9.93 Å². The SMILES string of the molecule is Cc1nnc(NC(=O)CN2C(=O)NC3(CCNCC3)C2=O)s1. The molecule has 1 aromatic heterocycles. The topological polar surface area (TPSA) is 116 Å². The molecule has 3 N–H and O–H groups in total. The maximum atomic E-state index is 12.5. The van der Waals surface area contributed by atoms with Gasteiger partial charge in [0.1, 0.15) is 17.1 Å². The van der Waals surface area contributed by atoms with E-state index in [1.807, 2.05) is 0 Å². The number of piperidine rings is 1. The van der Waals surface area contributed by atoms with E-state index in [2.05, 4.69) is 26.1 Å². The highest BCUT2D eigenvalue weighted by Gasteiger charge is 2.51. The summed E-state index contributed by atoms with van der Waals surface area (Å²) in [6, 6.07) is -0.518. The van der Waals surface area contributed by atoms with Crippen LogP contribution < -0.4 is 16.0 Å². The Morgan fingerprint density at radius 3 is 2.73 bits per heavy atom. The zero-order valence-electron chi connectivity index (χ0n) is 12.0. The molecule has 0 radical (unpaired) electrons. The number of carbonyl (C=O) groups excluding carboxylic acids is 3. The number of carbonyl (C=O) groups is 3. The Balaban J connectivity index is 1.65. The molecular weight excluding hydrogens is 308 g/mol. The largest absolute Gasteiger partial charge is 0.325 e. The first kappa shape index (κ1) is 14.9. The van der Waals surface area contributed by atoms with Gasteiger partial charge in [0.2, 0.25) is 11.0 Å². The number of rotatable bonds is 3. The Bertz CT molecular complexity index is 624. The van der Waals surface area contributed by atoms with Crippen LogP contribution in [0, 0.1) is 6.92 Å². The summed E-state index contributed by atoms with van der Waals surface area (Å²) < 4.78 is 0. The van der Waals surface area contributed by atoms with Crippen molar-refractivity contribution in [2.45, 2.75) is 25.3 Å². The lowest BCUT2D eigenvalue weighted by atomic mass is 9.88. The van der Waals surface area contributed by atoms with Crippen LogP contribution in [-0.2, 0) is 9.59 Å². The molecule has 0 aliphatic carbocycles. The minimum Gasteiger partial charge on any atom is -0.323 e. The number of hydrogen-bond acceptors (Lipinski definition) is 7. The highest BCUT2D eigenvalue weighted by Crippen LogP contribution is 2.26. The van der Waals surface area contributed by atoms with E-state index < -0.39 is 17.5 Å². The zero-order chi connectivity index (χ0) is 15.7. The standard InChI is InChI=1S/C12H16N6O3S/c1-7-16-17-10(22-7)14-8(19)6-18-9(20)12(15-11(18)21)2-4-13-5-3-12/h13H,2-6H2,1H3,(H,15,21)(H,14,17,19). The molecule has 1 aromatic rings. The fourth-order valence-corrected chi connectivity index (χ4v) is 3.27. The summed E-state index contributed by atoms with van der Waals surface area (Å²) in [5.41, 5.74) is -0.859. The monoisotopic (exact) mass is 324 g/mol. The van der Waals surface area contributed by atoms with E-state index >= 15 is 0 Å². The first-order valence-electron chi connectivity index (χ1n) is 6.95. The van der Waals surface area contributed by atoms with Crippen molar-refractivity contribution < 1.29 is 14.4 Å². The highest BCUT2D eigenvalue weighted by atomic mass is 32.1. The van der Waals surface area contributed by atoms with Crippen LogP contribution in [0.25, 0.3) is 0 Å². The number of anilines is 1. The van der Waals surface area contributed by atoms with Crippen LogP contribution in [0.5, 0.6) is 0 Å². The van der Waals surface area contributed by atoms with Gasteiger partial charge in [-0.2, -0.15) is 0 Å². The van der Waals surface area contributed by atoms with Crippen molar-refractivity contribution >= 4 is 34.3 Å². The summed E-state index contributed by atoms with van der Waals surface area (Å²) in [6.45, 7) is 2.77. The molecule has 0 aromatic carbocycles. The molecular formula is C12H16N6O3S. The molecule has 0 bridgehead atoms. The van der Waals surface area contributed by atoms with Gasteiger partial charge in [-0.3, -0.25) is 19.8 Å². The van der Waals surface area contributed by atoms with Crippen molar-refractivity contribution in [1.29, 1.82) is 0 Å². The van der Waals surface area contributed by atoms with Crippen molar-refractivity contribution in [2.75, 3.05) is 25.0 Å².